The summed E-state index contributed by atoms with van der Waals surface area (Å²) in [5.41, 5.74) is 12.3. The first kappa shape index (κ1) is 30.8. The topological polar surface area (TPSA) is 247 Å². The smallest absolute Gasteiger partial charge is 0.326 e. The number of fused-ring (bicyclic) bond motifs is 1. The van der Waals surface area contributed by atoms with Gasteiger partial charge in [-0.2, -0.15) is 0 Å². The van der Waals surface area contributed by atoms with Crippen molar-refractivity contribution in [3.63, 3.8) is 0 Å². The lowest BCUT2D eigenvalue weighted by molar-refractivity contribution is -0.144. The van der Waals surface area contributed by atoms with E-state index in [1.54, 1.807) is 37.4 Å². The largest absolute Gasteiger partial charge is 0.481 e. The Morgan fingerprint density at radius 1 is 0.897 bits per heavy atom. The molecular formula is C25H34N6O8. The molecule has 14 heteroatoms. The highest BCUT2D eigenvalue weighted by molar-refractivity contribution is 5.96. The van der Waals surface area contributed by atoms with Crippen LogP contribution in [0.4, 0.5) is 0 Å². The highest BCUT2D eigenvalue weighted by Gasteiger charge is 2.33. The predicted molar refractivity (Wildman–Crippen MR) is 139 cm³/mol. The number of rotatable bonds is 15. The van der Waals surface area contributed by atoms with E-state index in [-0.39, 0.29) is 12.3 Å². The molecule has 0 saturated heterocycles. The van der Waals surface area contributed by atoms with Gasteiger partial charge in [0.25, 0.3) is 0 Å². The number of aromatic nitrogens is 1. The van der Waals surface area contributed by atoms with Crippen LogP contribution in [-0.2, 0) is 35.2 Å². The van der Waals surface area contributed by atoms with Gasteiger partial charge < -0.3 is 42.6 Å². The minimum absolute atomic E-state index is 0.134. The number of carbonyl (C=O) groups excluding carboxylic acids is 4. The van der Waals surface area contributed by atoms with Crippen LogP contribution in [0.25, 0.3) is 10.9 Å². The van der Waals surface area contributed by atoms with Crippen LogP contribution in [0.15, 0.2) is 30.5 Å². The maximum Gasteiger partial charge on any atom is 0.326 e. The average Bonchev–Trinajstić information content (AvgIpc) is 3.28. The van der Waals surface area contributed by atoms with Crippen LogP contribution in [0, 0.1) is 5.92 Å². The molecule has 4 amide bonds. The molecule has 212 valence electrons. The first-order chi connectivity index (χ1) is 18.3. The van der Waals surface area contributed by atoms with Crippen molar-refractivity contribution in [3.05, 3.63) is 36.0 Å². The van der Waals surface area contributed by atoms with Gasteiger partial charge in [-0.3, -0.25) is 24.0 Å². The zero-order valence-electron chi connectivity index (χ0n) is 21.6. The molecule has 0 saturated carbocycles. The molecule has 1 heterocycles. The van der Waals surface area contributed by atoms with E-state index in [1.165, 1.54) is 0 Å². The van der Waals surface area contributed by atoms with Crippen LogP contribution >= 0.6 is 0 Å². The number of para-hydroxylation sites is 1. The second kappa shape index (κ2) is 13.9. The Morgan fingerprint density at radius 3 is 2.08 bits per heavy atom. The minimum atomic E-state index is -1.67. The Morgan fingerprint density at radius 2 is 1.49 bits per heavy atom. The van der Waals surface area contributed by atoms with Gasteiger partial charge in [0.2, 0.25) is 23.6 Å². The zero-order chi connectivity index (χ0) is 29.3. The Bertz CT molecular complexity index is 1230. The van der Waals surface area contributed by atoms with Gasteiger partial charge in [0, 0.05) is 23.5 Å². The second-order valence-corrected chi connectivity index (χ2v) is 9.26. The molecule has 0 fully saturated rings. The Hall–Kier alpha value is -4.46. The van der Waals surface area contributed by atoms with Crippen LogP contribution < -0.4 is 27.4 Å². The summed E-state index contributed by atoms with van der Waals surface area (Å²) in [6.07, 6.45) is 0.542. The van der Waals surface area contributed by atoms with E-state index in [0.29, 0.717) is 12.0 Å². The van der Waals surface area contributed by atoms with Gasteiger partial charge in [0.1, 0.15) is 18.1 Å². The number of hydrogen-bond acceptors (Lipinski definition) is 7. The Labute approximate surface area is 223 Å². The number of nitrogens with two attached hydrogens (primary N) is 2. The molecule has 1 aromatic carbocycles. The van der Waals surface area contributed by atoms with E-state index < -0.39 is 72.6 Å². The summed E-state index contributed by atoms with van der Waals surface area (Å²) >= 11 is 0. The molecule has 0 spiro atoms. The first-order valence-electron chi connectivity index (χ1n) is 12.3. The molecule has 10 N–H and O–H groups in total. The number of benzene rings is 1. The molecule has 0 bridgehead atoms. The number of aliphatic carboxylic acids is 2. The second-order valence-electron chi connectivity index (χ2n) is 9.26. The van der Waals surface area contributed by atoms with Gasteiger partial charge in [-0.15, -0.1) is 0 Å². The number of amides is 4. The summed E-state index contributed by atoms with van der Waals surface area (Å²) in [5.74, 6) is -6.83. The van der Waals surface area contributed by atoms with Gasteiger partial charge in [-0.1, -0.05) is 38.5 Å². The molecule has 1 aromatic heterocycles. The minimum Gasteiger partial charge on any atom is -0.481 e. The highest BCUT2D eigenvalue weighted by Crippen LogP contribution is 2.19. The molecule has 0 aliphatic rings. The third-order valence-electron chi connectivity index (χ3n) is 6.32. The molecule has 2 aromatic rings. The van der Waals surface area contributed by atoms with Crippen LogP contribution in [0.1, 0.15) is 38.7 Å². The molecule has 5 unspecified atom stereocenters. The number of hydrogen-bond donors (Lipinski definition) is 8. The van der Waals surface area contributed by atoms with Gasteiger partial charge in [0.05, 0.1) is 18.9 Å². The number of carboxylic acid groups (broad SMARTS) is 2. The van der Waals surface area contributed by atoms with Crippen molar-refractivity contribution in [2.75, 3.05) is 0 Å². The molecular weight excluding hydrogens is 512 g/mol. The van der Waals surface area contributed by atoms with Gasteiger partial charge in [0.15, 0.2) is 0 Å². The molecule has 14 nitrogen and oxygen atoms in total. The van der Waals surface area contributed by atoms with Gasteiger partial charge in [-0.05, 0) is 17.5 Å². The number of carbonyl (C=O) groups is 6. The van der Waals surface area contributed by atoms with Crippen molar-refractivity contribution in [1.82, 2.24) is 20.9 Å². The van der Waals surface area contributed by atoms with Crippen LogP contribution in [0.5, 0.6) is 0 Å². The van der Waals surface area contributed by atoms with E-state index in [2.05, 4.69) is 20.9 Å². The monoisotopic (exact) mass is 546 g/mol. The predicted octanol–water partition coefficient (Wildman–Crippen LogP) is -1.03. The Balaban J connectivity index is 2.35. The van der Waals surface area contributed by atoms with E-state index in [9.17, 15) is 39.0 Å². The van der Waals surface area contributed by atoms with Crippen molar-refractivity contribution in [2.45, 2.75) is 63.7 Å². The lowest BCUT2D eigenvalue weighted by atomic mass is 9.98. The fourth-order valence-electron chi connectivity index (χ4n) is 3.84. The van der Waals surface area contributed by atoms with Crippen molar-refractivity contribution >= 4 is 46.5 Å². The zero-order valence-corrected chi connectivity index (χ0v) is 21.6. The summed E-state index contributed by atoms with van der Waals surface area (Å²) in [6, 6.07) is 1.45. The van der Waals surface area contributed by atoms with Crippen molar-refractivity contribution in [1.29, 1.82) is 0 Å². The normalized spacial score (nSPS) is 14.8. The molecule has 0 radical (unpaired) electrons. The molecule has 0 aliphatic heterocycles. The lowest BCUT2D eigenvalue weighted by Gasteiger charge is -2.25. The summed E-state index contributed by atoms with van der Waals surface area (Å²) < 4.78 is 0. The van der Waals surface area contributed by atoms with Gasteiger partial charge in [-0.25, -0.2) is 4.79 Å². The third kappa shape index (κ3) is 8.81. The molecule has 39 heavy (non-hydrogen) atoms. The van der Waals surface area contributed by atoms with E-state index in [0.717, 1.165) is 10.9 Å². The maximum atomic E-state index is 13.2. The van der Waals surface area contributed by atoms with E-state index in [1.807, 2.05) is 6.92 Å². The maximum absolute atomic E-state index is 13.2. The number of carboxylic acids is 2. The van der Waals surface area contributed by atoms with Crippen molar-refractivity contribution in [3.8, 4) is 0 Å². The SMILES string of the molecule is CCC(C)C(N)C(=O)NC(CC(=O)O)C(=O)NC(Cc1c[nH]c2ccccc12)C(=O)NC(CC(N)=O)C(=O)O. The number of H-pyrrole nitrogens is 1. The summed E-state index contributed by atoms with van der Waals surface area (Å²) in [7, 11) is 0. The fraction of sp³-hybridized carbons (Fsp3) is 0.440. The van der Waals surface area contributed by atoms with Crippen LogP contribution in [-0.4, -0.2) is 74.9 Å². The summed E-state index contributed by atoms with van der Waals surface area (Å²) in [4.78, 5) is 76.2. The molecule has 0 aliphatic carbocycles. The quantitative estimate of drug-likeness (QED) is 0.136. The van der Waals surface area contributed by atoms with Crippen molar-refractivity contribution < 1.29 is 39.0 Å². The highest BCUT2D eigenvalue weighted by atomic mass is 16.4. The summed E-state index contributed by atoms with van der Waals surface area (Å²) in [6.45, 7) is 3.54. The van der Waals surface area contributed by atoms with Crippen LogP contribution in [0.3, 0.4) is 0 Å². The molecule has 5 atom stereocenters. The summed E-state index contributed by atoms with van der Waals surface area (Å²) in [5, 5.41) is 26.4. The average molecular weight is 547 g/mol. The first-order valence-corrected chi connectivity index (χ1v) is 12.3. The number of primary amides is 1. The lowest BCUT2D eigenvalue weighted by Crippen LogP contribution is -2.58. The van der Waals surface area contributed by atoms with Gasteiger partial charge >= 0.3 is 11.9 Å². The number of aromatic amines is 1. The van der Waals surface area contributed by atoms with E-state index in [4.69, 9.17) is 11.5 Å². The molecule has 2 rings (SSSR count). The number of nitrogens with one attached hydrogen (secondary N) is 4. The Kier molecular flexibility index (Phi) is 11.0. The third-order valence-corrected chi connectivity index (χ3v) is 6.32. The van der Waals surface area contributed by atoms with Crippen molar-refractivity contribution in [2.24, 2.45) is 17.4 Å². The standard InChI is InChI=1S/C25H34N6O8/c1-3-12(2)21(27)24(37)30-17(10-20(33)34)23(36)29-16(22(35)31-18(25(38)39)9-19(26)32)8-13-11-28-15-7-5-4-6-14(13)15/h4-7,11-12,16-18,21,28H,3,8-10,27H2,1-2H3,(H2,26,32)(H,29,36)(H,30,37)(H,31,35)(H,33,34)(H,38,39). The van der Waals surface area contributed by atoms with E-state index >= 15 is 0 Å². The fourth-order valence-corrected chi connectivity index (χ4v) is 3.84. The van der Waals surface area contributed by atoms with Crippen LogP contribution in [0.2, 0.25) is 0 Å².